The minimum absolute atomic E-state index is 0.123. The molecule has 2 aromatic carbocycles. The minimum Gasteiger partial charge on any atom is -0.489 e. The van der Waals surface area contributed by atoms with Crippen LogP contribution in [0.15, 0.2) is 42.5 Å². The number of rotatable bonds is 3. The van der Waals surface area contributed by atoms with Crippen LogP contribution in [0.4, 0.5) is 0 Å². The molecule has 0 bridgehead atoms. The van der Waals surface area contributed by atoms with E-state index in [1.807, 2.05) is 18.2 Å². The lowest BCUT2D eigenvalue weighted by molar-refractivity contribution is 0.148. The SMILES string of the molecule is Cc1ccc(OCC2Cc3ccccc3O2)c(C)c1. The second-order valence-electron chi connectivity index (χ2n) is 5.13. The van der Waals surface area contributed by atoms with E-state index in [-0.39, 0.29) is 6.10 Å². The van der Waals surface area contributed by atoms with Crippen molar-refractivity contribution in [3.05, 3.63) is 59.2 Å². The van der Waals surface area contributed by atoms with Crippen molar-refractivity contribution >= 4 is 0 Å². The lowest BCUT2D eigenvalue weighted by Gasteiger charge is -2.14. The van der Waals surface area contributed by atoms with Crippen LogP contribution < -0.4 is 9.47 Å². The van der Waals surface area contributed by atoms with Crippen LogP contribution in [0.25, 0.3) is 0 Å². The molecule has 0 aliphatic carbocycles. The van der Waals surface area contributed by atoms with Crippen LogP contribution >= 0.6 is 0 Å². The molecule has 1 heterocycles. The molecule has 98 valence electrons. The van der Waals surface area contributed by atoms with E-state index in [0.29, 0.717) is 6.61 Å². The Morgan fingerprint density at radius 1 is 1.16 bits per heavy atom. The molecule has 1 aliphatic rings. The third-order valence-electron chi connectivity index (χ3n) is 3.47. The minimum atomic E-state index is 0.123. The van der Waals surface area contributed by atoms with E-state index in [4.69, 9.17) is 9.47 Å². The molecule has 0 radical (unpaired) electrons. The van der Waals surface area contributed by atoms with Gasteiger partial charge >= 0.3 is 0 Å². The fourth-order valence-corrected chi connectivity index (χ4v) is 2.49. The van der Waals surface area contributed by atoms with Gasteiger partial charge in [-0.2, -0.15) is 0 Å². The summed E-state index contributed by atoms with van der Waals surface area (Å²) in [6.45, 7) is 4.76. The van der Waals surface area contributed by atoms with Crippen LogP contribution in [0.3, 0.4) is 0 Å². The highest BCUT2D eigenvalue weighted by Crippen LogP contribution is 2.28. The molecular weight excluding hydrogens is 236 g/mol. The molecule has 1 atom stereocenters. The fourth-order valence-electron chi connectivity index (χ4n) is 2.49. The predicted molar refractivity (Wildman–Crippen MR) is 76.0 cm³/mol. The van der Waals surface area contributed by atoms with Crippen LogP contribution in [0.1, 0.15) is 16.7 Å². The Morgan fingerprint density at radius 2 is 2.00 bits per heavy atom. The van der Waals surface area contributed by atoms with Gasteiger partial charge in [-0.15, -0.1) is 0 Å². The highest BCUT2D eigenvalue weighted by molar-refractivity contribution is 5.38. The zero-order valence-electron chi connectivity index (χ0n) is 11.3. The van der Waals surface area contributed by atoms with E-state index in [9.17, 15) is 0 Å². The summed E-state index contributed by atoms with van der Waals surface area (Å²) >= 11 is 0. The molecule has 0 saturated heterocycles. The summed E-state index contributed by atoms with van der Waals surface area (Å²) in [5.74, 6) is 1.95. The molecule has 0 N–H and O–H groups in total. The van der Waals surface area contributed by atoms with Gasteiger partial charge in [0, 0.05) is 6.42 Å². The summed E-state index contributed by atoms with van der Waals surface area (Å²) < 4.78 is 11.7. The van der Waals surface area contributed by atoms with Gasteiger partial charge in [-0.25, -0.2) is 0 Å². The van der Waals surface area contributed by atoms with Gasteiger partial charge in [0.05, 0.1) is 0 Å². The Bertz CT molecular complexity index is 565. The molecule has 19 heavy (non-hydrogen) atoms. The lowest BCUT2D eigenvalue weighted by atomic mass is 10.1. The van der Waals surface area contributed by atoms with Crippen molar-refractivity contribution < 1.29 is 9.47 Å². The van der Waals surface area contributed by atoms with E-state index in [2.05, 4.69) is 38.1 Å². The van der Waals surface area contributed by atoms with Gasteiger partial charge in [-0.1, -0.05) is 35.9 Å². The van der Waals surface area contributed by atoms with E-state index >= 15 is 0 Å². The summed E-state index contributed by atoms with van der Waals surface area (Å²) in [6.07, 6.45) is 1.05. The third kappa shape index (κ3) is 2.58. The molecular formula is C17H18O2. The monoisotopic (exact) mass is 254 g/mol. The largest absolute Gasteiger partial charge is 0.489 e. The van der Waals surface area contributed by atoms with Crippen molar-refractivity contribution in [3.63, 3.8) is 0 Å². The molecule has 0 fully saturated rings. The Labute approximate surface area is 114 Å². The second-order valence-corrected chi connectivity index (χ2v) is 5.13. The van der Waals surface area contributed by atoms with Gasteiger partial charge in [0.15, 0.2) is 0 Å². The van der Waals surface area contributed by atoms with Gasteiger partial charge < -0.3 is 9.47 Å². The van der Waals surface area contributed by atoms with E-state index in [0.717, 1.165) is 17.9 Å². The summed E-state index contributed by atoms with van der Waals surface area (Å²) in [7, 11) is 0. The van der Waals surface area contributed by atoms with Gasteiger partial charge in [0.25, 0.3) is 0 Å². The quantitative estimate of drug-likeness (QED) is 0.831. The topological polar surface area (TPSA) is 18.5 Å². The predicted octanol–water partition coefficient (Wildman–Crippen LogP) is 3.69. The number of aryl methyl sites for hydroxylation is 2. The maximum Gasteiger partial charge on any atom is 0.137 e. The van der Waals surface area contributed by atoms with Crippen molar-refractivity contribution in [3.8, 4) is 11.5 Å². The van der Waals surface area contributed by atoms with E-state index < -0.39 is 0 Å². The van der Waals surface area contributed by atoms with Crippen LogP contribution in [0, 0.1) is 13.8 Å². The van der Waals surface area contributed by atoms with Crippen LogP contribution in [-0.4, -0.2) is 12.7 Å². The maximum absolute atomic E-state index is 5.88. The summed E-state index contributed by atoms with van der Waals surface area (Å²) in [5, 5.41) is 0. The number of hydrogen-bond donors (Lipinski definition) is 0. The van der Waals surface area contributed by atoms with Crippen molar-refractivity contribution in [1.82, 2.24) is 0 Å². The number of hydrogen-bond acceptors (Lipinski definition) is 2. The summed E-state index contributed by atoms with van der Waals surface area (Å²) in [6, 6.07) is 14.4. The Morgan fingerprint density at radius 3 is 2.79 bits per heavy atom. The molecule has 0 spiro atoms. The Kier molecular flexibility index (Phi) is 3.16. The molecule has 0 aromatic heterocycles. The summed E-state index contributed by atoms with van der Waals surface area (Å²) in [5.41, 5.74) is 3.71. The molecule has 1 unspecified atom stereocenters. The Balaban J connectivity index is 1.63. The van der Waals surface area contributed by atoms with Gasteiger partial charge in [0.1, 0.15) is 24.2 Å². The lowest BCUT2D eigenvalue weighted by Crippen LogP contribution is -2.22. The first-order valence-electron chi connectivity index (χ1n) is 6.67. The van der Waals surface area contributed by atoms with Crippen molar-refractivity contribution in [1.29, 1.82) is 0 Å². The molecule has 0 saturated carbocycles. The van der Waals surface area contributed by atoms with Crippen LogP contribution in [0.2, 0.25) is 0 Å². The zero-order valence-corrected chi connectivity index (χ0v) is 11.3. The smallest absolute Gasteiger partial charge is 0.137 e. The van der Waals surface area contributed by atoms with Gasteiger partial charge in [-0.05, 0) is 37.1 Å². The maximum atomic E-state index is 5.88. The molecule has 1 aliphatic heterocycles. The summed E-state index contributed by atoms with van der Waals surface area (Å²) in [4.78, 5) is 0. The zero-order chi connectivity index (χ0) is 13.2. The average molecular weight is 254 g/mol. The molecule has 2 heteroatoms. The first kappa shape index (κ1) is 12.1. The van der Waals surface area contributed by atoms with Crippen molar-refractivity contribution in [2.75, 3.05) is 6.61 Å². The highest BCUT2D eigenvalue weighted by Gasteiger charge is 2.22. The molecule has 2 aromatic rings. The van der Waals surface area contributed by atoms with Crippen LogP contribution in [0.5, 0.6) is 11.5 Å². The first-order chi connectivity index (χ1) is 9.22. The average Bonchev–Trinajstić information content (AvgIpc) is 2.80. The normalized spacial score (nSPS) is 16.8. The van der Waals surface area contributed by atoms with E-state index in [1.165, 1.54) is 16.7 Å². The number of para-hydroxylation sites is 1. The third-order valence-corrected chi connectivity index (χ3v) is 3.47. The fraction of sp³-hybridized carbons (Fsp3) is 0.294. The van der Waals surface area contributed by atoms with Crippen molar-refractivity contribution in [2.45, 2.75) is 26.4 Å². The second kappa shape index (κ2) is 4.96. The standard InChI is InChI=1S/C17H18O2/c1-12-7-8-16(13(2)9-12)18-11-15-10-14-5-3-4-6-17(14)19-15/h3-9,15H,10-11H2,1-2H3. The van der Waals surface area contributed by atoms with E-state index in [1.54, 1.807) is 0 Å². The van der Waals surface area contributed by atoms with Crippen LogP contribution in [-0.2, 0) is 6.42 Å². The Hall–Kier alpha value is -1.96. The number of ether oxygens (including phenoxy) is 2. The van der Waals surface area contributed by atoms with Crippen molar-refractivity contribution in [2.24, 2.45) is 0 Å². The number of fused-ring (bicyclic) bond motifs is 1. The molecule has 0 amide bonds. The highest BCUT2D eigenvalue weighted by atomic mass is 16.5. The van der Waals surface area contributed by atoms with Gasteiger partial charge in [-0.3, -0.25) is 0 Å². The number of benzene rings is 2. The molecule has 2 nitrogen and oxygen atoms in total. The first-order valence-corrected chi connectivity index (χ1v) is 6.67. The van der Waals surface area contributed by atoms with Gasteiger partial charge in [0.2, 0.25) is 0 Å². The molecule has 3 rings (SSSR count).